The van der Waals surface area contributed by atoms with Gasteiger partial charge in [0.25, 0.3) is 5.91 Å². The number of hydrogen-bond acceptors (Lipinski definition) is 2. The molecule has 2 amide bonds. The molecule has 1 fully saturated rings. The fourth-order valence-electron chi connectivity index (χ4n) is 2.69. The van der Waals surface area contributed by atoms with Crippen molar-refractivity contribution >= 4 is 22.7 Å². The third-order valence-electron chi connectivity index (χ3n) is 3.88. The Hall–Kier alpha value is -2.30. The molecule has 2 N–H and O–H groups in total. The van der Waals surface area contributed by atoms with Gasteiger partial charge in [-0.2, -0.15) is 0 Å². The van der Waals surface area contributed by atoms with E-state index in [4.69, 9.17) is 0 Å². The molecule has 21 heavy (non-hydrogen) atoms. The molecule has 1 aromatic heterocycles. The summed E-state index contributed by atoms with van der Waals surface area (Å²) in [6.45, 7) is 3.68. The van der Waals surface area contributed by atoms with Gasteiger partial charge in [0.05, 0.1) is 6.54 Å². The van der Waals surface area contributed by atoms with Crippen LogP contribution in [0.1, 0.15) is 28.9 Å². The summed E-state index contributed by atoms with van der Waals surface area (Å²) < 4.78 is 0. The minimum Gasteiger partial charge on any atom is -0.351 e. The van der Waals surface area contributed by atoms with Gasteiger partial charge in [-0.3, -0.25) is 9.59 Å². The van der Waals surface area contributed by atoms with Crippen LogP contribution in [0.3, 0.4) is 0 Å². The Morgan fingerprint density at radius 1 is 1.24 bits per heavy atom. The number of carbonyl (C=O) groups is 2. The number of aromatic amines is 1. The second-order valence-corrected chi connectivity index (χ2v) is 5.54. The number of carbonyl (C=O) groups excluding carboxylic acids is 2. The van der Waals surface area contributed by atoms with E-state index in [0.717, 1.165) is 42.4 Å². The Balaban J connectivity index is 1.65. The van der Waals surface area contributed by atoms with Crippen LogP contribution in [0.2, 0.25) is 0 Å². The van der Waals surface area contributed by atoms with Crippen molar-refractivity contribution in [1.82, 2.24) is 15.2 Å². The highest BCUT2D eigenvalue weighted by Crippen LogP contribution is 2.16. The van der Waals surface area contributed by atoms with E-state index >= 15 is 0 Å². The van der Waals surface area contributed by atoms with Crippen molar-refractivity contribution in [3.05, 3.63) is 35.5 Å². The molecule has 0 spiro atoms. The molecule has 1 aromatic carbocycles. The first-order valence-corrected chi connectivity index (χ1v) is 7.29. The van der Waals surface area contributed by atoms with Crippen molar-refractivity contribution in [2.24, 2.45) is 0 Å². The maximum absolute atomic E-state index is 12.1. The summed E-state index contributed by atoms with van der Waals surface area (Å²) in [5.41, 5.74) is 2.57. The number of nitrogens with one attached hydrogen (secondary N) is 2. The van der Waals surface area contributed by atoms with E-state index < -0.39 is 0 Å². The van der Waals surface area contributed by atoms with Crippen LogP contribution in [-0.4, -0.2) is 41.3 Å². The molecule has 0 aliphatic carbocycles. The summed E-state index contributed by atoms with van der Waals surface area (Å²) in [6.07, 6.45) is 2.11. The van der Waals surface area contributed by atoms with Crippen LogP contribution in [0.15, 0.2) is 24.3 Å². The summed E-state index contributed by atoms with van der Waals surface area (Å²) in [7, 11) is 0. The van der Waals surface area contributed by atoms with Crippen LogP contribution in [-0.2, 0) is 4.79 Å². The van der Waals surface area contributed by atoms with Crippen molar-refractivity contribution in [3.8, 4) is 0 Å². The molecule has 3 rings (SSSR count). The van der Waals surface area contributed by atoms with Crippen LogP contribution in [0.5, 0.6) is 0 Å². The van der Waals surface area contributed by atoms with Gasteiger partial charge in [0, 0.05) is 24.0 Å². The summed E-state index contributed by atoms with van der Waals surface area (Å²) in [4.78, 5) is 28.9. The van der Waals surface area contributed by atoms with Crippen molar-refractivity contribution in [2.45, 2.75) is 19.8 Å². The van der Waals surface area contributed by atoms with Gasteiger partial charge in [0.2, 0.25) is 5.91 Å². The molecule has 0 radical (unpaired) electrons. The summed E-state index contributed by atoms with van der Waals surface area (Å²) in [5.74, 6) is -0.246. The molecule has 1 aliphatic heterocycles. The number of nitrogens with zero attached hydrogens (tertiary/aromatic N) is 1. The lowest BCUT2D eigenvalue weighted by Gasteiger charge is -2.15. The van der Waals surface area contributed by atoms with Gasteiger partial charge in [0.1, 0.15) is 5.69 Å². The molecule has 2 aromatic rings. The summed E-state index contributed by atoms with van der Waals surface area (Å²) in [6, 6.07) is 7.80. The second kappa shape index (κ2) is 5.60. The lowest BCUT2D eigenvalue weighted by atomic mass is 10.2. The highest BCUT2D eigenvalue weighted by molar-refractivity contribution is 5.99. The molecule has 0 saturated carbocycles. The molecule has 1 saturated heterocycles. The molecule has 110 valence electrons. The van der Waals surface area contributed by atoms with Crippen molar-refractivity contribution in [1.29, 1.82) is 0 Å². The lowest BCUT2D eigenvalue weighted by molar-refractivity contribution is -0.129. The first kappa shape index (κ1) is 13.7. The predicted octanol–water partition coefficient (Wildman–Crippen LogP) is 1.83. The van der Waals surface area contributed by atoms with E-state index in [1.54, 1.807) is 4.90 Å². The van der Waals surface area contributed by atoms with E-state index in [1.807, 2.05) is 31.2 Å². The Kier molecular flexibility index (Phi) is 3.64. The largest absolute Gasteiger partial charge is 0.351 e. The third kappa shape index (κ3) is 2.91. The van der Waals surface area contributed by atoms with Crippen LogP contribution in [0.25, 0.3) is 10.9 Å². The first-order chi connectivity index (χ1) is 10.1. The number of H-pyrrole nitrogens is 1. The number of amides is 2. The summed E-state index contributed by atoms with van der Waals surface area (Å²) in [5, 5.41) is 3.69. The van der Waals surface area contributed by atoms with Gasteiger partial charge in [-0.1, -0.05) is 12.1 Å². The topological polar surface area (TPSA) is 65.2 Å². The van der Waals surface area contributed by atoms with Crippen LogP contribution < -0.4 is 5.32 Å². The average molecular weight is 285 g/mol. The Labute approximate surface area is 123 Å². The Morgan fingerprint density at radius 3 is 2.76 bits per heavy atom. The first-order valence-electron chi connectivity index (χ1n) is 7.29. The van der Waals surface area contributed by atoms with Crippen LogP contribution >= 0.6 is 0 Å². The van der Waals surface area contributed by atoms with E-state index in [2.05, 4.69) is 10.3 Å². The standard InChI is InChI=1S/C16H19N3O2/c1-11-4-5-12-9-14(18-13(12)8-11)16(21)17-10-15(20)19-6-2-3-7-19/h4-5,8-9,18H,2-3,6-7,10H2,1H3,(H,17,21). The fourth-order valence-corrected chi connectivity index (χ4v) is 2.69. The van der Waals surface area contributed by atoms with Gasteiger partial charge in [0.15, 0.2) is 0 Å². The minimum absolute atomic E-state index is 0.00666. The van der Waals surface area contributed by atoms with Gasteiger partial charge < -0.3 is 15.2 Å². The average Bonchev–Trinajstić information content (AvgIpc) is 3.12. The zero-order valence-corrected chi connectivity index (χ0v) is 12.1. The number of aryl methyl sites for hydroxylation is 1. The van der Waals surface area contributed by atoms with E-state index in [-0.39, 0.29) is 18.4 Å². The quantitative estimate of drug-likeness (QED) is 0.903. The number of fused-ring (bicyclic) bond motifs is 1. The molecular weight excluding hydrogens is 266 g/mol. The zero-order chi connectivity index (χ0) is 14.8. The SMILES string of the molecule is Cc1ccc2cc(C(=O)NCC(=O)N3CCCC3)[nH]c2c1. The highest BCUT2D eigenvalue weighted by atomic mass is 16.2. The van der Waals surface area contributed by atoms with Gasteiger partial charge in [-0.15, -0.1) is 0 Å². The number of likely N-dealkylation sites (tertiary alicyclic amines) is 1. The fraction of sp³-hybridized carbons (Fsp3) is 0.375. The lowest BCUT2D eigenvalue weighted by Crippen LogP contribution is -2.38. The number of hydrogen-bond donors (Lipinski definition) is 2. The molecule has 1 aliphatic rings. The number of benzene rings is 1. The van der Waals surface area contributed by atoms with E-state index in [9.17, 15) is 9.59 Å². The predicted molar refractivity (Wildman–Crippen MR) is 81.2 cm³/mol. The monoisotopic (exact) mass is 285 g/mol. The van der Waals surface area contributed by atoms with Crippen molar-refractivity contribution < 1.29 is 9.59 Å². The maximum Gasteiger partial charge on any atom is 0.268 e. The Morgan fingerprint density at radius 2 is 2.00 bits per heavy atom. The maximum atomic E-state index is 12.1. The zero-order valence-electron chi connectivity index (χ0n) is 12.1. The van der Waals surface area contributed by atoms with E-state index in [1.165, 1.54) is 0 Å². The summed E-state index contributed by atoms with van der Waals surface area (Å²) >= 11 is 0. The molecule has 5 nitrogen and oxygen atoms in total. The number of rotatable bonds is 3. The molecule has 0 unspecified atom stereocenters. The third-order valence-corrected chi connectivity index (χ3v) is 3.88. The van der Waals surface area contributed by atoms with E-state index in [0.29, 0.717) is 5.69 Å². The van der Waals surface area contributed by atoms with Crippen LogP contribution in [0, 0.1) is 6.92 Å². The molecule has 0 bridgehead atoms. The normalized spacial score (nSPS) is 14.6. The molecule has 5 heteroatoms. The minimum atomic E-state index is -0.239. The van der Waals surface area contributed by atoms with Crippen LogP contribution in [0.4, 0.5) is 0 Å². The van der Waals surface area contributed by atoms with Crippen molar-refractivity contribution in [3.63, 3.8) is 0 Å². The Bertz CT molecular complexity index is 684. The number of aromatic nitrogens is 1. The second-order valence-electron chi connectivity index (χ2n) is 5.54. The van der Waals surface area contributed by atoms with Crippen molar-refractivity contribution in [2.75, 3.05) is 19.6 Å². The van der Waals surface area contributed by atoms with Gasteiger partial charge in [-0.25, -0.2) is 0 Å². The van der Waals surface area contributed by atoms with Gasteiger partial charge in [-0.05, 0) is 37.5 Å². The molecule has 2 heterocycles. The highest BCUT2D eigenvalue weighted by Gasteiger charge is 2.18. The van der Waals surface area contributed by atoms with Gasteiger partial charge >= 0.3 is 0 Å². The molecular formula is C16H19N3O2. The smallest absolute Gasteiger partial charge is 0.268 e. The molecule has 0 atom stereocenters.